The fourth-order valence-corrected chi connectivity index (χ4v) is 4.65. The summed E-state index contributed by atoms with van der Waals surface area (Å²) in [5.74, 6) is 0.435. The van der Waals surface area contributed by atoms with Crippen molar-refractivity contribution < 1.29 is 14.3 Å². The zero-order chi connectivity index (χ0) is 23.7. The number of aromatic amines is 1. The summed E-state index contributed by atoms with van der Waals surface area (Å²) in [7, 11) is 0. The number of benzene rings is 2. The standard InChI is InChI=1S/C25H24N6O3/c1-14(24(32)33)16-4-6-17(7-5-16)18-8-11-20-21(12-18)29-22(28-20)23-30-31-25(34-23)27-19-9-2-15(13-26)3-10-19/h2-3,8-12,14,16-17H,4-7H2,1H3,(H,27,31)(H,28,29)(H,32,33). The number of imidazole rings is 1. The lowest BCUT2D eigenvalue weighted by Gasteiger charge is -2.30. The van der Waals surface area contributed by atoms with Crippen LogP contribution < -0.4 is 5.32 Å². The van der Waals surface area contributed by atoms with E-state index in [1.54, 1.807) is 24.3 Å². The third-order valence-electron chi connectivity index (χ3n) is 6.74. The number of carboxylic acid groups (broad SMARTS) is 1. The van der Waals surface area contributed by atoms with E-state index in [9.17, 15) is 9.90 Å². The van der Waals surface area contributed by atoms with Crippen LogP contribution in [0.3, 0.4) is 0 Å². The first kappa shape index (κ1) is 21.6. The molecule has 1 atom stereocenters. The number of nitriles is 1. The van der Waals surface area contributed by atoms with Crippen LogP contribution in [0.1, 0.15) is 49.7 Å². The summed E-state index contributed by atoms with van der Waals surface area (Å²) >= 11 is 0. The Morgan fingerprint density at radius 3 is 2.65 bits per heavy atom. The maximum atomic E-state index is 11.3. The summed E-state index contributed by atoms with van der Waals surface area (Å²) in [6.07, 6.45) is 3.83. The minimum absolute atomic E-state index is 0.230. The summed E-state index contributed by atoms with van der Waals surface area (Å²) in [4.78, 5) is 19.2. The summed E-state index contributed by atoms with van der Waals surface area (Å²) in [5, 5.41) is 29.3. The summed E-state index contributed by atoms with van der Waals surface area (Å²) in [6, 6.07) is 15.5. The molecular weight excluding hydrogens is 432 g/mol. The highest BCUT2D eigenvalue weighted by Gasteiger charge is 2.29. The number of nitrogens with zero attached hydrogens (tertiary/aromatic N) is 4. The van der Waals surface area contributed by atoms with Gasteiger partial charge in [-0.3, -0.25) is 4.79 Å². The molecule has 0 spiro atoms. The van der Waals surface area contributed by atoms with Crippen LogP contribution in [-0.2, 0) is 4.79 Å². The molecule has 0 amide bonds. The summed E-state index contributed by atoms with van der Waals surface area (Å²) in [5.41, 5.74) is 4.23. The quantitative estimate of drug-likeness (QED) is 0.358. The molecule has 5 rings (SSSR count). The van der Waals surface area contributed by atoms with Gasteiger partial charge in [0.05, 0.1) is 28.6 Å². The van der Waals surface area contributed by atoms with Crippen molar-refractivity contribution in [3.8, 4) is 17.8 Å². The molecule has 0 bridgehead atoms. The molecule has 2 aromatic heterocycles. The molecule has 3 N–H and O–H groups in total. The number of fused-ring (bicyclic) bond motifs is 1. The predicted octanol–water partition coefficient (Wildman–Crippen LogP) is 5.22. The number of carbonyl (C=O) groups is 1. The zero-order valence-electron chi connectivity index (χ0n) is 18.7. The van der Waals surface area contributed by atoms with Crippen molar-refractivity contribution in [1.29, 1.82) is 5.26 Å². The van der Waals surface area contributed by atoms with Gasteiger partial charge in [0.1, 0.15) is 0 Å². The average Bonchev–Trinajstić information content (AvgIpc) is 3.50. The fraction of sp³-hybridized carbons (Fsp3) is 0.320. The van der Waals surface area contributed by atoms with Gasteiger partial charge in [-0.15, -0.1) is 5.10 Å². The van der Waals surface area contributed by atoms with E-state index in [2.05, 4.69) is 43.7 Å². The number of aromatic nitrogens is 4. The Morgan fingerprint density at radius 2 is 1.94 bits per heavy atom. The molecule has 0 saturated heterocycles. The molecule has 172 valence electrons. The largest absolute Gasteiger partial charge is 0.481 e. The van der Waals surface area contributed by atoms with E-state index in [-0.39, 0.29) is 23.7 Å². The second-order valence-electron chi connectivity index (χ2n) is 8.83. The molecule has 1 aliphatic rings. The predicted molar refractivity (Wildman–Crippen MR) is 125 cm³/mol. The first-order valence-corrected chi connectivity index (χ1v) is 11.3. The number of H-pyrrole nitrogens is 1. The normalized spacial score (nSPS) is 18.9. The molecule has 2 aromatic carbocycles. The van der Waals surface area contributed by atoms with Gasteiger partial charge in [0.2, 0.25) is 0 Å². The molecule has 9 heteroatoms. The fourth-order valence-electron chi connectivity index (χ4n) is 4.65. The number of rotatable bonds is 6. The Bertz CT molecular complexity index is 1360. The Hall–Kier alpha value is -4.19. The Labute approximate surface area is 195 Å². The van der Waals surface area contributed by atoms with Crippen molar-refractivity contribution in [2.75, 3.05) is 5.32 Å². The molecule has 34 heavy (non-hydrogen) atoms. The van der Waals surface area contributed by atoms with Crippen LogP contribution in [0.25, 0.3) is 22.7 Å². The number of nitrogens with one attached hydrogen (secondary N) is 2. The van der Waals surface area contributed by atoms with Crippen molar-refractivity contribution >= 4 is 28.7 Å². The van der Waals surface area contributed by atoms with Crippen LogP contribution in [0.15, 0.2) is 46.9 Å². The van der Waals surface area contributed by atoms with Crippen molar-refractivity contribution in [2.45, 2.75) is 38.5 Å². The van der Waals surface area contributed by atoms with Gasteiger partial charge in [-0.25, -0.2) is 4.98 Å². The topological polar surface area (TPSA) is 141 Å². The molecule has 0 radical (unpaired) electrons. The van der Waals surface area contributed by atoms with Crippen molar-refractivity contribution in [3.63, 3.8) is 0 Å². The smallest absolute Gasteiger partial charge is 0.320 e. The highest BCUT2D eigenvalue weighted by molar-refractivity contribution is 5.79. The van der Waals surface area contributed by atoms with Gasteiger partial charge in [0, 0.05) is 5.69 Å². The van der Waals surface area contributed by atoms with E-state index < -0.39 is 5.97 Å². The highest BCUT2D eigenvalue weighted by Crippen LogP contribution is 2.39. The first-order chi connectivity index (χ1) is 16.5. The number of hydrogen-bond donors (Lipinski definition) is 3. The molecule has 2 heterocycles. The van der Waals surface area contributed by atoms with Crippen LogP contribution in [0.2, 0.25) is 0 Å². The third kappa shape index (κ3) is 4.35. The first-order valence-electron chi connectivity index (χ1n) is 11.3. The maximum absolute atomic E-state index is 11.3. The van der Waals surface area contributed by atoms with Crippen molar-refractivity contribution in [1.82, 2.24) is 20.2 Å². The molecular formula is C25H24N6O3. The molecule has 1 aliphatic carbocycles. The summed E-state index contributed by atoms with van der Waals surface area (Å²) in [6.45, 7) is 1.81. The van der Waals surface area contributed by atoms with E-state index in [1.165, 1.54) is 5.56 Å². The van der Waals surface area contributed by atoms with E-state index in [0.717, 1.165) is 42.4 Å². The molecule has 4 aromatic rings. The van der Waals surface area contributed by atoms with Gasteiger partial charge in [-0.05, 0) is 79.5 Å². The molecule has 0 aliphatic heterocycles. The highest BCUT2D eigenvalue weighted by atomic mass is 16.4. The van der Waals surface area contributed by atoms with Crippen LogP contribution in [0.4, 0.5) is 11.7 Å². The molecule has 1 unspecified atom stereocenters. The average molecular weight is 457 g/mol. The SMILES string of the molecule is CC(C(=O)O)C1CCC(c2ccc3[nH]c(-c4nnc(Nc5ccc(C#N)cc5)o4)nc3c2)CC1. The van der Waals surface area contributed by atoms with Crippen LogP contribution in [-0.4, -0.2) is 31.2 Å². The van der Waals surface area contributed by atoms with Gasteiger partial charge in [0.25, 0.3) is 5.89 Å². The summed E-state index contributed by atoms with van der Waals surface area (Å²) < 4.78 is 5.72. The van der Waals surface area contributed by atoms with Gasteiger partial charge in [0.15, 0.2) is 5.82 Å². The second kappa shape index (κ2) is 8.98. The Kier molecular flexibility index (Phi) is 5.72. The van der Waals surface area contributed by atoms with Crippen molar-refractivity contribution in [3.05, 3.63) is 53.6 Å². The number of hydrogen-bond acceptors (Lipinski definition) is 7. The lowest BCUT2D eigenvalue weighted by Crippen LogP contribution is -2.24. The van der Waals surface area contributed by atoms with E-state index in [4.69, 9.17) is 9.68 Å². The Balaban J connectivity index is 1.29. The van der Waals surface area contributed by atoms with Gasteiger partial charge >= 0.3 is 12.0 Å². The maximum Gasteiger partial charge on any atom is 0.320 e. The minimum atomic E-state index is -0.704. The molecule has 9 nitrogen and oxygen atoms in total. The van der Waals surface area contributed by atoms with E-state index in [1.807, 2.05) is 13.0 Å². The van der Waals surface area contributed by atoms with Crippen LogP contribution in [0.5, 0.6) is 0 Å². The number of carboxylic acids is 1. The molecule has 1 fully saturated rings. The minimum Gasteiger partial charge on any atom is -0.481 e. The van der Waals surface area contributed by atoms with E-state index >= 15 is 0 Å². The van der Waals surface area contributed by atoms with Gasteiger partial charge in [-0.2, -0.15) is 5.26 Å². The lowest BCUT2D eigenvalue weighted by molar-refractivity contribution is -0.143. The van der Waals surface area contributed by atoms with Crippen LogP contribution >= 0.6 is 0 Å². The zero-order valence-corrected chi connectivity index (χ0v) is 18.7. The number of aliphatic carboxylic acids is 1. The van der Waals surface area contributed by atoms with Crippen molar-refractivity contribution in [2.24, 2.45) is 11.8 Å². The lowest BCUT2D eigenvalue weighted by atomic mass is 9.74. The monoisotopic (exact) mass is 456 g/mol. The molecule has 1 saturated carbocycles. The number of anilines is 2. The van der Waals surface area contributed by atoms with E-state index in [0.29, 0.717) is 17.3 Å². The van der Waals surface area contributed by atoms with Crippen LogP contribution in [0, 0.1) is 23.2 Å². The Morgan fingerprint density at radius 1 is 1.18 bits per heavy atom. The van der Waals surface area contributed by atoms with Gasteiger partial charge in [-0.1, -0.05) is 18.1 Å². The second-order valence-corrected chi connectivity index (χ2v) is 8.83. The van der Waals surface area contributed by atoms with Gasteiger partial charge < -0.3 is 19.8 Å². The third-order valence-corrected chi connectivity index (χ3v) is 6.74.